The quantitative estimate of drug-likeness (QED) is 0.247. The number of nitrogens with one attached hydrogen (secondary N) is 1. The molecule has 0 aromatic carbocycles. The number of alkyl halides is 4. The van der Waals surface area contributed by atoms with Gasteiger partial charge in [0, 0.05) is 25.7 Å². The minimum atomic E-state index is -4.47. The molecule has 8 nitrogen and oxygen atoms in total. The van der Waals surface area contributed by atoms with Gasteiger partial charge < -0.3 is 21.5 Å². The summed E-state index contributed by atoms with van der Waals surface area (Å²) in [6.07, 6.45) is 0.942. The van der Waals surface area contributed by atoms with Crippen LogP contribution in [0.25, 0.3) is 0 Å². The maximum absolute atomic E-state index is 13.1. The van der Waals surface area contributed by atoms with Crippen LogP contribution in [-0.4, -0.2) is 72.9 Å². The van der Waals surface area contributed by atoms with E-state index in [-0.39, 0.29) is 25.3 Å². The van der Waals surface area contributed by atoms with E-state index in [1.54, 1.807) is 4.72 Å². The molecule has 0 unspecified atom stereocenters. The van der Waals surface area contributed by atoms with Gasteiger partial charge in [0.15, 0.2) is 5.54 Å². The second-order valence-corrected chi connectivity index (χ2v) is 8.35. The Morgan fingerprint density at radius 2 is 1.76 bits per heavy atom. The lowest BCUT2D eigenvalue weighted by Gasteiger charge is -2.18. The fraction of sp³-hybridized carbons (Fsp3) is 1.00. The Hall–Kier alpha value is -0.505. The van der Waals surface area contributed by atoms with E-state index in [9.17, 15) is 26.0 Å². The lowest BCUT2D eigenvalue weighted by Crippen LogP contribution is -2.49. The van der Waals surface area contributed by atoms with Gasteiger partial charge >= 0.3 is 19.0 Å². The van der Waals surface area contributed by atoms with Crippen LogP contribution in [0.2, 0.25) is 6.32 Å². The van der Waals surface area contributed by atoms with Crippen LogP contribution in [0.5, 0.6) is 0 Å². The minimum absolute atomic E-state index is 0.0254. The lowest BCUT2D eigenvalue weighted by molar-refractivity contribution is -0.0278. The summed E-state index contributed by atoms with van der Waals surface area (Å²) >= 11 is 0. The molecule has 0 aromatic heterocycles. The number of hydrogen-bond acceptors (Lipinski definition) is 6. The van der Waals surface area contributed by atoms with Gasteiger partial charge in [-0.25, -0.2) is 0 Å². The summed E-state index contributed by atoms with van der Waals surface area (Å²) in [5.74, 6) is -9.22. The van der Waals surface area contributed by atoms with E-state index in [0.29, 0.717) is 12.8 Å². The average Bonchev–Trinajstić information content (AvgIpc) is 2.78. The second kappa shape index (κ2) is 6.58. The standard InChI is InChI=1S/C11H21BF4N4O4S/c13-10(14)9(18,11(10,15)16)6-19-25(23,24)20-4-7(8(17)5-20)2-1-3-12(21)22/h7-8,19,21-22H,1-6,17-18H2/t7-,8-/m0/s1. The number of rotatable bonds is 8. The van der Waals surface area contributed by atoms with Crippen molar-refractivity contribution in [1.29, 1.82) is 0 Å². The molecule has 0 bridgehead atoms. The summed E-state index contributed by atoms with van der Waals surface area (Å²) in [5, 5.41) is 17.6. The molecular weight excluding hydrogens is 371 g/mol. The minimum Gasteiger partial charge on any atom is -0.427 e. The monoisotopic (exact) mass is 392 g/mol. The van der Waals surface area contributed by atoms with Crippen LogP contribution in [0, 0.1) is 5.92 Å². The van der Waals surface area contributed by atoms with E-state index in [0.717, 1.165) is 4.31 Å². The third-order valence-corrected chi connectivity index (χ3v) is 6.31. The third kappa shape index (κ3) is 3.52. The van der Waals surface area contributed by atoms with Crippen LogP contribution >= 0.6 is 0 Å². The predicted octanol–water partition coefficient (Wildman–Crippen LogP) is -1.69. The Morgan fingerprint density at radius 1 is 1.20 bits per heavy atom. The lowest BCUT2D eigenvalue weighted by atomic mass is 9.82. The SMILES string of the molecule is N[C@H]1CN(S(=O)(=O)NCC2(N)C(F)(F)C2(F)F)C[C@@H]1CCCB(O)O. The van der Waals surface area contributed by atoms with E-state index in [4.69, 9.17) is 21.5 Å². The van der Waals surface area contributed by atoms with Crippen molar-refractivity contribution in [3.8, 4) is 0 Å². The van der Waals surface area contributed by atoms with E-state index in [1.807, 2.05) is 0 Å². The summed E-state index contributed by atoms with van der Waals surface area (Å²) in [7, 11) is -5.77. The summed E-state index contributed by atoms with van der Waals surface area (Å²) in [6.45, 7) is -1.43. The zero-order valence-corrected chi connectivity index (χ0v) is 14.0. The molecule has 1 aliphatic heterocycles. The first-order valence-corrected chi connectivity index (χ1v) is 9.11. The van der Waals surface area contributed by atoms with Crippen molar-refractivity contribution in [2.24, 2.45) is 17.4 Å². The van der Waals surface area contributed by atoms with Gasteiger partial charge in [-0.15, -0.1) is 0 Å². The van der Waals surface area contributed by atoms with Gasteiger partial charge in [-0.3, -0.25) is 0 Å². The molecule has 2 fully saturated rings. The summed E-state index contributed by atoms with van der Waals surface area (Å²) < 4.78 is 79.1. The number of halogens is 4. The van der Waals surface area contributed by atoms with Gasteiger partial charge in [-0.1, -0.05) is 6.42 Å². The molecule has 0 radical (unpaired) electrons. The molecule has 0 spiro atoms. The molecule has 1 heterocycles. The average molecular weight is 392 g/mol. The van der Waals surface area contributed by atoms with Crippen molar-refractivity contribution in [3.63, 3.8) is 0 Å². The highest BCUT2D eigenvalue weighted by molar-refractivity contribution is 7.87. The van der Waals surface area contributed by atoms with E-state index in [2.05, 4.69) is 0 Å². The molecule has 2 atom stereocenters. The first-order valence-electron chi connectivity index (χ1n) is 7.67. The Labute approximate surface area is 142 Å². The fourth-order valence-corrected chi connectivity index (χ4v) is 4.28. The molecule has 0 aromatic rings. The maximum atomic E-state index is 13.1. The van der Waals surface area contributed by atoms with Crippen LogP contribution in [0.15, 0.2) is 0 Å². The Morgan fingerprint density at radius 3 is 2.24 bits per heavy atom. The molecule has 2 rings (SSSR count). The van der Waals surface area contributed by atoms with Gasteiger partial charge in [-0.05, 0) is 18.7 Å². The second-order valence-electron chi connectivity index (χ2n) is 6.60. The number of nitrogens with zero attached hydrogens (tertiary/aromatic N) is 1. The number of nitrogens with two attached hydrogens (primary N) is 2. The van der Waals surface area contributed by atoms with Crippen LogP contribution in [-0.2, 0) is 10.2 Å². The molecule has 1 saturated carbocycles. The molecule has 146 valence electrons. The van der Waals surface area contributed by atoms with Crippen molar-refractivity contribution in [2.75, 3.05) is 19.6 Å². The smallest absolute Gasteiger partial charge is 0.427 e. The molecule has 7 N–H and O–H groups in total. The van der Waals surface area contributed by atoms with Crippen molar-refractivity contribution in [1.82, 2.24) is 9.03 Å². The van der Waals surface area contributed by atoms with Crippen LogP contribution < -0.4 is 16.2 Å². The Bertz CT molecular complexity index is 595. The largest absolute Gasteiger partial charge is 0.451 e. The normalized spacial score (nSPS) is 30.4. The van der Waals surface area contributed by atoms with Gasteiger partial charge in [0.2, 0.25) is 0 Å². The zero-order valence-electron chi connectivity index (χ0n) is 13.2. The molecule has 1 aliphatic carbocycles. The zero-order chi connectivity index (χ0) is 19.3. The van der Waals surface area contributed by atoms with Gasteiger partial charge in [0.05, 0.1) is 0 Å². The van der Waals surface area contributed by atoms with Crippen LogP contribution in [0.1, 0.15) is 12.8 Å². The first-order chi connectivity index (χ1) is 11.3. The highest BCUT2D eigenvalue weighted by atomic mass is 32.2. The highest BCUT2D eigenvalue weighted by Gasteiger charge is 2.95. The van der Waals surface area contributed by atoms with Crippen molar-refractivity contribution >= 4 is 17.3 Å². The highest BCUT2D eigenvalue weighted by Crippen LogP contribution is 2.63. The number of hydrogen-bond donors (Lipinski definition) is 5. The summed E-state index contributed by atoms with van der Waals surface area (Å²) in [5.41, 5.74) is 7.53. The van der Waals surface area contributed by atoms with Crippen LogP contribution in [0.4, 0.5) is 17.6 Å². The molecule has 14 heteroatoms. The van der Waals surface area contributed by atoms with Gasteiger partial charge in [-0.2, -0.15) is 35.0 Å². The molecule has 2 aliphatic rings. The maximum Gasteiger partial charge on any atom is 0.451 e. The van der Waals surface area contributed by atoms with E-state index < -0.39 is 47.3 Å². The Kier molecular flexibility index (Phi) is 5.48. The topological polar surface area (TPSA) is 142 Å². The molecule has 25 heavy (non-hydrogen) atoms. The van der Waals surface area contributed by atoms with Gasteiger partial charge in [0.25, 0.3) is 10.2 Å². The first kappa shape index (κ1) is 20.8. The van der Waals surface area contributed by atoms with Crippen LogP contribution in [0.3, 0.4) is 0 Å². The van der Waals surface area contributed by atoms with E-state index in [1.165, 1.54) is 0 Å². The predicted molar refractivity (Wildman–Crippen MR) is 81.0 cm³/mol. The van der Waals surface area contributed by atoms with Crippen molar-refractivity contribution in [2.45, 2.75) is 42.6 Å². The summed E-state index contributed by atoms with van der Waals surface area (Å²) in [4.78, 5) is 0. The van der Waals surface area contributed by atoms with E-state index >= 15 is 0 Å². The molecule has 0 amide bonds. The molecular formula is C11H21BF4N4O4S. The van der Waals surface area contributed by atoms with Crippen molar-refractivity contribution < 1.29 is 36.0 Å². The third-order valence-electron chi connectivity index (χ3n) is 4.82. The summed E-state index contributed by atoms with van der Waals surface area (Å²) in [6, 6.07) is -0.539. The van der Waals surface area contributed by atoms with Gasteiger partial charge in [0.1, 0.15) is 0 Å². The fourth-order valence-electron chi connectivity index (χ4n) is 2.93. The van der Waals surface area contributed by atoms with Crippen molar-refractivity contribution in [3.05, 3.63) is 0 Å². The Balaban J connectivity index is 1.91. The molecule has 1 saturated heterocycles.